The molecule has 0 radical (unpaired) electrons. The summed E-state index contributed by atoms with van der Waals surface area (Å²) in [4.78, 5) is 1.97. The Balaban J connectivity index is 2.26. The normalized spacial score (nSPS) is 16.1. The first-order valence-electron chi connectivity index (χ1n) is 7.45. The summed E-state index contributed by atoms with van der Waals surface area (Å²) in [6.45, 7) is 4.08. The van der Waals surface area contributed by atoms with Crippen molar-refractivity contribution in [1.29, 1.82) is 0 Å². The van der Waals surface area contributed by atoms with Gasteiger partial charge in [0.05, 0.1) is 5.56 Å². The van der Waals surface area contributed by atoms with Gasteiger partial charge in [0, 0.05) is 31.4 Å². The van der Waals surface area contributed by atoms with E-state index in [2.05, 4.69) is 5.32 Å². The van der Waals surface area contributed by atoms with E-state index in [1.54, 1.807) is 12.1 Å². The molecule has 1 aliphatic carbocycles. The van der Waals surface area contributed by atoms with E-state index in [4.69, 9.17) is 0 Å². The van der Waals surface area contributed by atoms with Crippen LogP contribution in [0.15, 0.2) is 18.2 Å². The van der Waals surface area contributed by atoms with Gasteiger partial charge in [0.25, 0.3) is 0 Å². The Hall–Kier alpha value is -1.23. The lowest BCUT2D eigenvalue weighted by Gasteiger charge is -2.36. The molecule has 0 aromatic heterocycles. The first-order valence-corrected chi connectivity index (χ1v) is 7.45. The fourth-order valence-corrected chi connectivity index (χ4v) is 2.50. The fraction of sp³-hybridized carbons (Fsp3) is 0.625. The van der Waals surface area contributed by atoms with Crippen LogP contribution >= 0.6 is 0 Å². The molecule has 0 bridgehead atoms. The van der Waals surface area contributed by atoms with Gasteiger partial charge >= 0.3 is 6.18 Å². The molecule has 1 N–H and O–H groups in total. The lowest BCUT2D eigenvalue weighted by molar-refractivity contribution is -0.138. The molecule has 0 aliphatic heterocycles. The summed E-state index contributed by atoms with van der Waals surface area (Å²) in [6.07, 6.45) is -1.02. The minimum atomic E-state index is -4.32. The Morgan fingerprint density at radius 1 is 1.29 bits per heavy atom. The van der Waals surface area contributed by atoms with Crippen LogP contribution in [-0.4, -0.2) is 19.1 Å². The molecule has 5 heteroatoms. The summed E-state index contributed by atoms with van der Waals surface area (Å²) in [5, 5.41) is 3.05. The zero-order chi connectivity index (χ0) is 15.6. The molecular weight excluding hydrogens is 277 g/mol. The lowest BCUT2D eigenvalue weighted by atomic mass is 9.91. The highest BCUT2D eigenvalue weighted by Crippen LogP contribution is 2.36. The fourth-order valence-electron chi connectivity index (χ4n) is 2.50. The molecule has 1 saturated carbocycles. The van der Waals surface area contributed by atoms with Crippen LogP contribution in [0.3, 0.4) is 0 Å². The largest absolute Gasteiger partial charge is 0.416 e. The van der Waals surface area contributed by atoms with Crippen LogP contribution in [0.1, 0.15) is 44.2 Å². The van der Waals surface area contributed by atoms with Crippen LogP contribution in [0.2, 0.25) is 0 Å². The smallest absolute Gasteiger partial charge is 0.372 e. The highest BCUT2D eigenvalue weighted by Gasteiger charge is 2.34. The second-order valence-corrected chi connectivity index (χ2v) is 6.07. The summed E-state index contributed by atoms with van der Waals surface area (Å²) < 4.78 is 39.8. The molecule has 0 amide bonds. The maximum atomic E-state index is 13.3. The highest BCUT2D eigenvalue weighted by atomic mass is 19.4. The summed E-state index contributed by atoms with van der Waals surface area (Å²) in [5.41, 5.74) is 0.432. The van der Waals surface area contributed by atoms with Gasteiger partial charge in [-0.15, -0.1) is 0 Å². The van der Waals surface area contributed by atoms with Gasteiger partial charge < -0.3 is 10.2 Å². The van der Waals surface area contributed by atoms with Crippen molar-refractivity contribution in [3.8, 4) is 0 Å². The average Bonchev–Trinajstić information content (AvgIpc) is 2.32. The summed E-state index contributed by atoms with van der Waals surface area (Å²) in [7, 11) is 1.88. The SMILES string of the molecule is CC(C)NCc1ccc(N(C)C2CCC2)cc1C(F)(F)F. The van der Waals surface area contributed by atoms with Crippen LogP contribution in [0.25, 0.3) is 0 Å². The van der Waals surface area contributed by atoms with Crippen LogP contribution in [0.5, 0.6) is 0 Å². The summed E-state index contributed by atoms with van der Waals surface area (Å²) in [6, 6.07) is 5.22. The number of nitrogens with zero attached hydrogens (tertiary/aromatic N) is 1. The molecular formula is C16H23F3N2. The van der Waals surface area contributed by atoms with Crippen molar-refractivity contribution >= 4 is 5.69 Å². The van der Waals surface area contributed by atoms with Crippen LogP contribution in [0, 0.1) is 0 Å². The minimum Gasteiger partial charge on any atom is -0.372 e. The third kappa shape index (κ3) is 3.90. The first kappa shape index (κ1) is 16.1. The number of benzene rings is 1. The van der Waals surface area contributed by atoms with Crippen molar-refractivity contribution in [1.82, 2.24) is 5.32 Å². The van der Waals surface area contributed by atoms with Gasteiger partial charge in [-0.05, 0) is 37.0 Å². The van der Waals surface area contributed by atoms with E-state index in [0.29, 0.717) is 17.3 Å². The molecule has 0 atom stereocenters. The van der Waals surface area contributed by atoms with Gasteiger partial charge in [-0.2, -0.15) is 13.2 Å². The van der Waals surface area contributed by atoms with Gasteiger partial charge in [0.2, 0.25) is 0 Å². The second-order valence-electron chi connectivity index (χ2n) is 6.07. The van der Waals surface area contributed by atoms with Crippen molar-refractivity contribution in [2.45, 2.75) is 57.9 Å². The number of alkyl halides is 3. The van der Waals surface area contributed by atoms with Crippen molar-refractivity contribution in [2.75, 3.05) is 11.9 Å². The molecule has 2 nitrogen and oxygen atoms in total. The monoisotopic (exact) mass is 300 g/mol. The number of anilines is 1. The maximum absolute atomic E-state index is 13.3. The molecule has 1 aliphatic rings. The van der Waals surface area contributed by atoms with Crippen molar-refractivity contribution in [3.05, 3.63) is 29.3 Å². The van der Waals surface area contributed by atoms with E-state index in [0.717, 1.165) is 19.3 Å². The zero-order valence-corrected chi connectivity index (χ0v) is 12.8. The average molecular weight is 300 g/mol. The second kappa shape index (κ2) is 6.26. The van der Waals surface area contributed by atoms with Gasteiger partial charge in [-0.1, -0.05) is 19.9 Å². The van der Waals surface area contributed by atoms with E-state index in [1.807, 2.05) is 25.8 Å². The predicted molar refractivity (Wildman–Crippen MR) is 79.5 cm³/mol. The maximum Gasteiger partial charge on any atom is 0.416 e. The van der Waals surface area contributed by atoms with E-state index in [1.165, 1.54) is 6.07 Å². The molecule has 0 heterocycles. The Bertz CT molecular complexity index is 479. The van der Waals surface area contributed by atoms with Gasteiger partial charge in [0.1, 0.15) is 0 Å². The Morgan fingerprint density at radius 2 is 1.95 bits per heavy atom. The van der Waals surface area contributed by atoms with Gasteiger partial charge in [-0.3, -0.25) is 0 Å². The molecule has 0 unspecified atom stereocenters. The van der Waals surface area contributed by atoms with Crippen molar-refractivity contribution < 1.29 is 13.2 Å². The molecule has 2 rings (SSSR count). The van der Waals surface area contributed by atoms with Crippen LogP contribution in [0.4, 0.5) is 18.9 Å². The Kier molecular flexibility index (Phi) is 4.81. The van der Waals surface area contributed by atoms with Crippen LogP contribution in [-0.2, 0) is 12.7 Å². The summed E-state index contributed by atoms with van der Waals surface area (Å²) in [5.74, 6) is 0. The Labute approximate surface area is 124 Å². The van der Waals surface area contributed by atoms with Crippen molar-refractivity contribution in [3.63, 3.8) is 0 Å². The molecule has 0 spiro atoms. The number of nitrogens with one attached hydrogen (secondary N) is 1. The lowest BCUT2D eigenvalue weighted by Crippen LogP contribution is -2.37. The third-order valence-corrected chi connectivity index (χ3v) is 4.13. The third-order valence-electron chi connectivity index (χ3n) is 4.13. The van der Waals surface area contributed by atoms with E-state index in [-0.39, 0.29) is 12.6 Å². The number of rotatable bonds is 5. The number of hydrogen-bond donors (Lipinski definition) is 1. The van der Waals surface area contributed by atoms with Gasteiger partial charge in [-0.25, -0.2) is 0 Å². The minimum absolute atomic E-state index is 0.156. The van der Waals surface area contributed by atoms with E-state index >= 15 is 0 Å². The molecule has 118 valence electrons. The number of hydrogen-bond acceptors (Lipinski definition) is 2. The molecule has 21 heavy (non-hydrogen) atoms. The Morgan fingerprint density at radius 3 is 2.43 bits per heavy atom. The molecule has 0 saturated heterocycles. The van der Waals surface area contributed by atoms with Gasteiger partial charge in [0.15, 0.2) is 0 Å². The van der Waals surface area contributed by atoms with E-state index in [9.17, 15) is 13.2 Å². The predicted octanol–water partition coefficient (Wildman–Crippen LogP) is 4.19. The first-order chi connectivity index (χ1) is 9.79. The topological polar surface area (TPSA) is 15.3 Å². The summed E-state index contributed by atoms with van der Waals surface area (Å²) >= 11 is 0. The zero-order valence-electron chi connectivity index (χ0n) is 12.8. The molecule has 1 fully saturated rings. The molecule has 1 aromatic rings. The van der Waals surface area contributed by atoms with E-state index < -0.39 is 11.7 Å². The standard InChI is InChI=1S/C16H23F3N2/c1-11(2)20-10-12-7-8-14(9-15(12)16(17,18)19)21(3)13-5-4-6-13/h7-9,11,13,20H,4-6,10H2,1-3H3. The quantitative estimate of drug-likeness (QED) is 0.877. The molecule has 1 aromatic carbocycles. The highest BCUT2D eigenvalue weighted by molar-refractivity contribution is 5.52. The van der Waals surface area contributed by atoms with Crippen molar-refractivity contribution in [2.24, 2.45) is 0 Å². The van der Waals surface area contributed by atoms with Crippen LogP contribution < -0.4 is 10.2 Å². The number of halogens is 3.